The van der Waals surface area contributed by atoms with Crippen LogP contribution in [-0.2, 0) is 26.6 Å². The van der Waals surface area contributed by atoms with E-state index < -0.39 is 15.3 Å². The number of sulfone groups is 1. The van der Waals surface area contributed by atoms with Gasteiger partial charge in [-0.15, -0.1) is 0 Å². The number of likely N-dealkylation sites (N-methyl/N-ethyl adjacent to an activating group) is 1. The van der Waals surface area contributed by atoms with Gasteiger partial charge in [0, 0.05) is 54.6 Å². The molecule has 5 aromatic rings. The highest BCUT2D eigenvalue weighted by atomic mass is 32.2. The van der Waals surface area contributed by atoms with Gasteiger partial charge in [0.1, 0.15) is 27.6 Å². The number of nitrogens with one attached hydrogen (secondary N) is 1. The smallest absolute Gasteiger partial charge is 0.237 e. The van der Waals surface area contributed by atoms with E-state index in [9.17, 15) is 13.2 Å². The van der Waals surface area contributed by atoms with Crippen molar-refractivity contribution >= 4 is 38.3 Å². The van der Waals surface area contributed by atoms with Crippen LogP contribution < -0.4 is 9.80 Å². The summed E-state index contributed by atoms with van der Waals surface area (Å²) in [6.07, 6.45) is 11.5. The van der Waals surface area contributed by atoms with Crippen molar-refractivity contribution in [2.45, 2.75) is 67.8 Å². The number of carbonyl (C=O) groups excluding carboxylic acids is 1. The molecule has 3 saturated heterocycles. The van der Waals surface area contributed by atoms with E-state index in [4.69, 9.17) is 4.98 Å². The maximum atomic E-state index is 14.5. The van der Waals surface area contributed by atoms with E-state index in [1.54, 1.807) is 12.5 Å². The Balaban J connectivity index is 1.12. The van der Waals surface area contributed by atoms with Crippen LogP contribution in [-0.4, -0.2) is 82.9 Å². The number of piperidine rings is 2. The molecule has 50 heavy (non-hydrogen) atoms. The second-order valence-corrected chi connectivity index (χ2v) is 17.0. The van der Waals surface area contributed by atoms with E-state index in [1.165, 1.54) is 11.8 Å². The zero-order chi connectivity index (χ0) is 34.2. The van der Waals surface area contributed by atoms with Gasteiger partial charge >= 0.3 is 0 Å². The van der Waals surface area contributed by atoms with Gasteiger partial charge in [0.05, 0.1) is 28.2 Å². The van der Waals surface area contributed by atoms with E-state index in [0.717, 1.165) is 95.8 Å². The summed E-state index contributed by atoms with van der Waals surface area (Å²) in [7, 11) is -1.09. The Morgan fingerprint density at radius 1 is 0.900 bits per heavy atom. The van der Waals surface area contributed by atoms with Crippen LogP contribution in [0.3, 0.4) is 0 Å². The number of benzene rings is 2. The van der Waals surface area contributed by atoms with Crippen LogP contribution in [0.4, 0.5) is 11.5 Å². The molecule has 3 fully saturated rings. The van der Waals surface area contributed by atoms with E-state index in [2.05, 4.69) is 73.3 Å². The Bertz CT molecular complexity index is 2180. The highest BCUT2D eigenvalue weighted by molar-refractivity contribution is 7.91. The number of likely N-dealkylation sites (tertiary alicyclic amines) is 1. The summed E-state index contributed by atoms with van der Waals surface area (Å²) >= 11 is 0. The van der Waals surface area contributed by atoms with Crippen LogP contribution in [0.15, 0.2) is 79.4 Å². The highest BCUT2D eigenvalue weighted by Crippen LogP contribution is 2.57. The lowest BCUT2D eigenvalue weighted by Gasteiger charge is -2.44. The molecule has 9 rings (SSSR count). The monoisotopic (exact) mass is 687 g/mol. The van der Waals surface area contributed by atoms with Crippen molar-refractivity contribution in [3.63, 3.8) is 0 Å². The summed E-state index contributed by atoms with van der Waals surface area (Å²) in [5.41, 5.74) is 7.54. The zero-order valence-corrected chi connectivity index (χ0v) is 29.2. The molecule has 1 N–H and O–H groups in total. The van der Waals surface area contributed by atoms with E-state index in [-0.39, 0.29) is 23.2 Å². The predicted octanol–water partition coefficient (Wildman–Crippen LogP) is 5.74. The number of anilines is 2. The van der Waals surface area contributed by atoms with Gasteiger partial charge in [0.15, 0.2) is 0 Å². The largest absolute Gasteiger partial charge is 0.350 e. The third kappa shape index (κ3) is 4.96. The van der Waals surface area contributed by atoms with Crippen LogP contribution >= 0.6 is 0 Å². The molecule has 3 aromatic heterocycles. The first-order valence-corrected chi connectivity index (χ1v) is 19.6. The van der Waals surface area contributed by atoms with Crippen LogP contribution in [0.25, 0.3) is 33.4 Å². The third-order valence-electron chi connectivity index (χ3n) is 11.8. The van der Waals surface area contributed by atoms with Gasteiger partial charge in [-0.25, -0.2) is 23.4 Å². The standard InChI is InChI=1S/C39H41N7O3S/c1-44-31-22-41-37-34(35(31)39(38(44)47)20-28-12-13-29(21-39)46(28)32-14-17-40-24-42-32)33(26-6-4-3-5-7-26)36(43-37)27-10-8-25(9-11-27)23-45-18-15-30(16-19-45)50(2,48)49/h3-11,14,17,22,24,28-30H,12-13,15-16,18-21,23H2,1-2H3,(H,41,43)/t28-,29+,39+. The Morgan fingerprint density at radius 2 is 1.62 bits per heavy atom. The topological polar surface area (TPSA) is 115 Å². The molecule has 1 amide bonds. The Hall–Kier alpha value is -4.61. The molecule has 0 aliphatic carbocycles. The molecule has 3 atom stereocenters. The lowest BCUT2D eigenvalue weighted by atomic mass is 9.69. The second kappa shape index (κ2) is 11.7. The van der Waals surface area contributed by atoms with Crippen LogP contribution in [0, 0.1) is 0 Å². The molecule has 256 valence electrons. The predicted molar refractivity (Wildman–Crippen MR) is 196 cm³/mol. The van der Waals surface area contributed by atoms with Gasteiger partial charge in [-0.1, -0.05) is 54.6 Å². The summed E-state index contributed by atoms with van der Waals surface area (Å²) in [6.45, 7) is 2.35. The lowest BCUT2D eigenvalue weighted by Crippen LogP contribution is -2.53. The van der Waals surface area contributed by atoms with Crippen LogP contribution in [0.2, 0.25) is 0 Å². The minimum absolute atomic E-state index is 0.160. The summed E-state index contributed by atoms with van der Waals surface area (Å²) in [5, 5.41) is 0.805. The van der Waals surface area contributed by atoms with Crippen molar-refractivity contribution in [1.82, 2.24) is 24.8 Å². The summed E-state index contributed by atoms with van der Waals surface area (Å²) in [6, 6.07) is 21.6. The van der Waals surface area contributed by atoms with Gasteiger partial charge < -0.3 is 14.8 Å². The number of amides is 1. The normalized spacial score (nSPS) is 24.1. The summed E-state index contributed by atoms with van der Waals surface area (Å²) in [5.74, 6) is 1.10. The number of rotatable bonds is 6. The molecule has 7 heterocycles. The van der Waals surface area contributed by atoms with E-state index in [1.807, 2.05) is 30.3 Å². The number of hydrogen-bond acceptors (Lipinski definition) is 8. The maximum Gasteiger partial charge on any atom is 0.237 e. The van der Waals surface area contributed by atoms with E-state index in [0.29, 0.717) is 12.8 Å². The fraction of sp³-hybridized carbons (Fsp3) is 0.385. The number of hydrogen-bond donors (Lipinski definition) is 1. The van der Waals surface area contributed by atoms with Crippen LogP contribution in [0.1, 0.15) is 49.7 Å². The molecule has 11 heteroatoms. The van der Waals surface area contributed by atoms with E-state index >= 15 is 0 Å². The average molecular weight is 688 g/mol. The van der Waals surface area contributed by atoms with Gasteiger partial charge in [-0.3, -0.25) is 9.69 Å². The van der Waals surface area contributed by atoms with Crippen molar-refractivity contribution in [3.05, 3.63) is 90.5 Å². The summed E-state index contributed by atoms with van der Waals surface area (Å²) < 4.78 is 24.1. The fourth-order valence-corrected chi connectivity index (χ4v) is 10.6. The molecule has 1 spiro atoms. The Labute approximate surface area is 292 Å². The van der Waals surface area contributed by atoms with Gasteiger partial charge in [-0.2, -0.15) is 0 Å². The first-order valence-electron chi connectivity index (χ1n) is 17.6. The molecule has 4 aliphatic heterocycles. The Morgan fingerprint density at radius 3 is 2.28 bits per heavy atom. The number of fused-ring (bicyclic) bond motifs is 6. The molecule has 4 aliphatic rings. The number of nitrogens with zero attached hydrogens (tertiary/aromatic N) is 6. The molecular weight excluding hydrogens is 647 g/mol. The minimum Gasteiger partial charge on any atom is -0.350 e. The highest BCUT2D eigenvalue weighted by Gasteiger charge is 2.59. The van der Waals surface area contributed by atoms with Crippen molar-refractivity contribution in [1.29, 1.82) is 0 Å². The van der Waals surface area contributed by atoms with Crippen molar-refractivity contribution in [2.75, 3.05) is 36.2 Å². The van der Waals surface area contributed by atoms with Crippen molar-refractivity contribution in [3.8, 4) is 22.4 Å². The first kappa shape index (κ1) is 31.4. The first-order chi connectivity index (χ1) is 24.2. The quantitative estimate of drug-likeness (QED) is 0.240. The minimum atomic E-state index is -3.00. The average Bonchev–Trinajstić information content (AvgIpc) is 3.72. The third-order valence-corrected chi connectivity index (χ3v) is 13.5. The van der Waals surface area contributed by atoms with Gasteiger partial charge in [-0.05, 0) is 74.4 Å². The molecular formula is C39H41N7O3S. The fourth-order valence-electron chi connectivity index (χ4n) is 9.50. The number of carbonyl (C=O) groups is 1. The molecule has 0 radical (unpaired) electrons. The summed E-state index contributed by atoms with van der Waals surface area (Å²) in [4.78, 5) is 38.6. The van der Waals surface area contributed by atoms with Gasteiger partial charge in [0.25, 0.3) is 0 Å². The number of aromatic amines is 1. The number of pyridine rings is 1. The molecule has 10 nitrogen and oxygen atoms in total. The van der Waals surface area contributed by atoms with Crippen molar-refractivity contribution < 1.29 is 13.2 Å². The molecule has 2 aromatic carbocycles. The SMILES string of the molecule is CN1C(=O)[C@]2(C[C@H]3CC[C@@H](C2)N3c2ccncn2)c2c1cnc1[nH]c(-c3ccc(CN4CCC(S(C)(=O)=O)CC4)cc3)c(-c3ccccc3)c21. The number of aromatic nitrogens is 4. The van der Waals surface area contributed by atoms with Gasteiger partial charge in [0.2, 0.25) is 5.91 Å². The zero-order valence-electron chi connectivity index (χ0n) is 28.4. The molecule has 0 unspecified atom stereocenters. The Kier molecular flexibility index (Phi) is 7.36. The molecule has 2 bridgehead atoms. The van der Waals surface area contributed by atoms with Crippen molar-refractivity contribution in [2.24, 2.45) is 0 Å². The second-order valence-electron chi connectivity index (χ2n) is 14.7. The number of H-pyrrole nitrogens is 1. The van der Waals surface area contributed by atoms with Crippen LogP contribution in [0.5, 0.6) is 0 Å². The lowest BCUT2D eigenvalue weighted by molar-refractivity contribution is -0.124. The molecule has 0 saturated carbocycles. The maximum absolute atomic E-state index is 14.5.